The Morgan fingerprint density at radius 3 is 2.41 bits per heavy atom. The third-order valence-corrected chi connectivity index (χ3v) is 5.76. The van der Waals surface area contributed by atoms with Crippen LogP contribution in [0.5, 0.6) is 5.75 Å². The normalized spacial score (nSPS) is 17.9. The summed E-state index contributed by atoms with van der Waals surface area (Å²) in [5, 5.41) is 0. The van der Waals surface area contributed by atoms with Crippen LogP contribution in [0.15, 0.2) is 18.2 Å². The molecule has 7 nitrogen and oxygen atoms in total. The van der Waals surface area contributed by atoms with E-state index in [0.29, 0.717) is 57.7 Å². The van der Waals surface area contributed by atoms with Gasteiger partial charge in [0.2, 0.25) is 0 Å². The summed E-state index contributed by atoms with van der Waals surface area (Å²) in [5.41, 5.74) is -0.408. The standard InChI is InChI=1S/C24H35FN2O5/c1-24(2,3)32-23(29)27-10-8-18(9-11-27)5-4-14-31-19-6-7-20(21(25)17-19)22(28)26-12-15-30-16-13-26/h6-7,17-18H,4-5,8-16H2,1-3H3. The lowest BCUT2D eigenvalue weighted by Crippen LogP contribution is -2.41. The van der Waals surface area contributed by atoms with Crippen molar-refractivity contribution in [3.05, 3.63) is 29.6 Å². The first-order chi connectivity index (χ1) is 15.2. The highest BCUT2D eigenvalue weighted by atomic mass is 19.1. The predicted molar refractivity (Wildman–Crippen MR) is 118 cm³/mol. The van der Waals surface area contributed by atoms with Crippen molar-refractivity contribution >= 4 is 12.0 Å². The van der Waals surface area contributed by atoms with Crippen molar-refractivity contribution in [2.75, 3.05) is 46.0 Å². The van der Waals surface area contributed by atoms with E-state index in [1.165, 1.54) is 12.1 Å². The van der Waals surface area contributed by atoms with Gasteiger partial charge in [0, 0.05) is 32.2 Å². The Morgan fingerprint density at radius 1 is 1.09 bits per heavy atom. The molecule has 0 bridgehead atoms. The number of ether oxygens (including phenoxy) is 3. The number of halogens is 1. The van der Waals surface area contributed by atoms with Crippen LogP contribution in [0.2, 0.25) is 0 Å². The number of carbonyl (C=O) groups excluding carboxylic acids is 2. The molecule has 2 amide bonds. The number of carbonyl (C=O) groups is 2. The van der Waals surface area contributed by atoms with Gasteiger partial charge >= 0.3 is 6.09 Å². The molecule has 2 aliphatic heterocycles. The van der Waals surface area contributed by atoms with Crippen molar-refractivity contribution in [2.45, 2.75) is 52.1 Å². The average Bonchev–Trinajstić information content (AvgIpc) is 2.76. The molecule has 0 radical (unpaired) electrons. The Labute approximate surface area is 189 Å². The third kappa shape index (κ3) is 7.08. The monoisotopic (exact) mass is 450 g/mol. The molecule has 2 heterocycles. The minimum absolute atomic E-state index is 0.0657. The first-order valence-electron chi connectivity index (χ1n) is 11.5. The quantitative estimate of drug-likeness (QED) is 0.611. The Hall–Kier alpha value is -2.35. The van der Waals surface area contributed by atoms with Crippen LogP contribution in [-0.2, 0) is 9.47 Å². The number of nitrogens with zero attached hydrogens (tertiary/aromatic N) is 2. The van der Waals surface area contributed by atoms with E-state index < -0.39 is 11.4 Å². The predicted octanol–water partition coefficient (Wildman–Crippen LogP) is 4.10. The van der Waals surface area contributed by atoms with Crippen molar-refractivity contribution in [2.24, 2.45) is 5.92 Å². The maximum Gasteiger partial charge on any atom is 0.410 e. The summed E-state index contributed by atoms with van der Waals surface area (Å²) in [6, 6.07) is 4.43. The lowest BCUT2D eigenvalue weighted by Gasteiger charge is -2.33. The van der Waals surface area contributed by atoms with E-state index in [2.05, 4.69) is 0 Å². The molecule has 2 saturated heterocycles. The van der Waals surface area contributed by atoms with E-state index in [1.54, 1.807) is 15.9 Å². The lowest BCUT2D eigenvalue weighted by molar-refractivity contribution is 0.0179. The van der Waals surface area contributed by atoms with Crippen LogP contribution in [0.4, 0.5) is 9.18 Å². The number of piperidine rings is 1. The summed E-state index contributed by atoms with van der Waals surface area (Å²) < 4.78 is 30.8. The molecule has 0 atom stereocenters. The van der Waals surface area contributed by atoms with E-state index in [1.807, 2.05) is 20.8 Å². The fourth-order valence-electron chi connectivity index (χ4n) is 3.99. The minimum atomic E-state index is -0.562. The molecule has 0 unspecified atom stereocenters. The number of hydrogen-bond donors (Lipinski definition) is 0. The zero-order chi connectivity index (χ0) is 23.1. The number of benzene rings is 1. The summed E-state index contributed by atoms with van der Waals surface area (Å²) >= 11 is 0. The van der Waals surface area contributed by atoms with Crippen molar-refractivity contribution < 1.29 is 28.2 Å². The summed E-state index contributed by atoms with van der Waals surface area (Å²) in [5.74, 6) is 0.104. The molecule has 178 valence electrons. The molecule has 2 fully saturated rings. The molecule has 0 aliphatic carbocycles. The smallest absolute Gasteiger partial charge is 0.410 e. The molecule has 32 heavy (non-hydrogen) atoms. The Bertz CT molecular complexity index is 781. The number of hydrogen-bond acceptors (Lipinski definition) is 5. The van der Waals surface area contributed by atoms with Gasteiger partial charge in [0.05, 0.1) is 25.4 Å². The van der Waals surface area contributed by atoms with E-state index >= 15 is 0 Å². The highest BCUT2D eigenvalue weighted by Gasteiger charge is 2.26. The van der Waals surface area contributed by atoms with Crippen LogP contribution in [0.25, 0.3) is 0 Å². The van der Waals surface area contributed by atoms with Crippen molar-refractivity contribution in [3.63, 3.8) is 0 Å². The van der Waals surface area contributed by atoms with Gasteiger partial charge in [0.15, 0.2) is 0 Å². The molecular formula is C24H35FN2O5. The van der Waals surface area contributed by atoms with E-state index in [4.69, 9.17) is 14.2 Å². The van der Waals surface area contributed by atoms with Crippen molar-refractivity contribution in [1.29, 1.82) is 0 Å². The van der Waals surface area contributed by atoms with Gasteiger partial charge in [0.1, 0.15) is 17.2 Å². The topological polar surface area (TPSA) is 68.3 Å². The van der Waals surface area contributed by atoms with Crippen LogP contribution in [0, 0.1) is 11.7 Å². The molecule has 0 saturated carbocycles. The Morgan fingerprint density at radius 2 is 1.78 bits per heavy atom. The van der Waals surface area contributed by atoms with Gasteiger partial charge in [-0.15, -0.1) is 0 Å². The summed E-state index contributed by atoms with van der Waals surface area (Å²) in [6.45, 7) is 9.46. The van der Waals surface area contributed by atoms with Crippen LogP contribution >= 0.6 is 0 Å². The maximum atomic E-state index is 14.5. The zero-order valence-electron chi connectivity index (χ0n) is 19.4. The maximum absolute atomic E-state index is 14.5. The van der Waals surface area contributed by atoms with Crippen LogP contribution < -0.4 is 4.74 Å². The first kappa shape index (κ1) is 24.3. The van der Waals surface area contributed by atoms with Gasteiger partial charge in [-0.3, -0.25) is 4.79 Å². The molecule has 0 N–H and O–H groups in total. The molecule has 0 spiro atoms. The summed E-state index contributed by atoms with van der Waals surface area (Å²) in [7, 11) is 0. The lowest BCUT2D eigenvalue weighted by atomic mass is 9.92. The minimum Gasteiger partial charge on any atom is -0.493 e. The second-order valence-corrected chi connectivity index (χ2v) is 9.45. The fourth-order valence-corrected chi connectivity index (χ4v) is 3.99. The highest BCUT2D eigenvalue weighted by Crippen LogP contribution is 2.24. The largest absolute Gasteiger partial charge is 0.493 e. The number of likely N-dealkylation sites (tertiary alicyclic amines) is 1. The van der Waals surface area contributed by atoms with E-state index in [9.17, 15) is 14.0 Å². The number of amides is 2. The van der Waals surface area contributed by atoms with Crippen LogP contribution in [0.3, 0.4) is 0 Å². The van der Waals surface area contributed by atoms with Crippen molar-refractivity contribution in [1.82, 2.24) is 9.80 Å². The summed E-state index contributed by atoms with van der Waals surface area (Å²) in [6.07, 6.45) is 3.51. The van der Waals surface area contributed by atoms with E-state index in [0.717, 1.165) is 25.7 Å². The van der Waals surface area contributed by atoms with Crippen molar-refractivity contribution in [3.8, 4) is 5.75 Å². The number of rotatable bonds is 6. The molecule has 8 heteroatoms. The Balaban J connectivity index is 1.37. The first-order valence-corrected chi connectivity index (χ1v) is 11.5. The second-order valence-electron chi connectivity index (χ2n) is 9.45. The molecule has 1 aromatic rings. The van der Waals surface area contributed by atoms with Gasteiger partial charge in [0.25, 0.3) is 5.91 Å². The third-order valence-electron chi connectivity index (χ3n) is 5.76. The second kappa shape index (κ2) is 11.0. The van der Waals surface area contributed by atoms with Crippen LogP contribution in [-0.4, -0.2) is 73.4 Å². The van der Waals surface area contributed by atoms with E-state index in [-0.39, 0.29) is 17.6 Å². The van der Waals surface area contributed by atoms with Gasteiger partial charge < -0.3 is 24.0 Å². The molecule has 1 aromatic carbocycles. The molecule has 0 aromatic heterocycles. The number of morpholine rings is 1. The molecular weight excluding hydrogens is 415 g/mol. The SMILES string of the molecule is CC(C)(C)OC(=O)N1CCC(CCCOc2ccc(C(=O)N3CCOCC3)c(F)c2)CC1. The van der Waals surface area contributed by atoms with Gasteiger partial charge in [-0.25, -0.2) is 9.18 Å². The van der Waals surface area contributed by atoms with Crippen LogP contribution in [0.1, 0.15) is 56.8 Å². The van der Waals surface area contributed by atoms with Gasteiger partial charge in [-0.05, 0) is 64.5 Å². The fraction of sp³-hybridized carbons (Fsp3) is 0.667. The summed E-state index contributed by atoms with van der Waals surface area (Å²) in [4.78, 5) is 28.0. The highest BCUT2D eigenvalue weighted by molar-refractivity contribution is 5.94. The average molecular weight is 451 g/mol. The van der Waals surface area contributed by atoms with Gasteiger partial charge in [-0.2, -0.15) is 0 Å². The molecule has 3 rings (SSSR count). The van der Waals surface area contributed by atoms with Gasteiger partial charge in [-0.1, -0.05) is 0 Å². The zero-order valence-corrected chi connectivity index (χ0v) is 19.4. The Kier molecular flexibility index (Phi) is 8.34. The molecule has 2 aliphatic rings.